The fourth-order valence-corrected chi connectivity index (χ4v) is 5.07. The number of hydrogen-bond donors (Lipinski definition) is 2. The Hall–Kier alpha value is -3.32. The van der Waals surface area contributed by atoms with E-state index < -0.39 is 17.5 Å². The average Bonchev–Trinajstić information content (AvgIpc) is 3.15. The Morgan fingerprint density at radius 2 is 1.70 bits per heavy atom. The van der Waals surface area contributed by atoms with Crippen LogP contribution in [0.25, 0.3) is 0 Å². The van der Waals surface area contributed by atoms with Gasteiger partial charge in [-0.25, -0.2) is 13.8 Å². The highest BCUT2D eigenvalue weighted by molar-refractivity contribution is 5.97. The first-order valence-electron chi connectivity index (χ1n) is 11.2. The number of nitrogens with zero attached hydrogens (tertiary/aromatic N) is 1. The monoisotopic (exact) mass is 449 g/mol. The first-order valence-corrected chi connectivity index (χ1v) is 11.2. The molecule has 2 fully saturated rings. The predicted octanol–water partition coefficient (Wildman–Crippen LogP) is 4.84. The third kappa shape index (κ3) is 4.46. The van der Waals surface area contributed by atoms with E-state index in [1.165, 1.54) is 24.3 Å². The van der Waals surface area contributed by atoms with E-state index in [0.29, 0.717) is 23.5 Å². The van der Waals surface area contributed by atoms with Crippen molar-refractivity contribution in [3.05, 3.63) is 88.6 Å². The molecule has 2 unspecified atom stereocenters. The zero-order valence-electron chi connectivity index (χ0n) is 18.1. The van der Waals surface area contributed by atoms with Gasteiger partial charge in [0, 0.05) is 30.0 Å². The lowest BCUT2D eigenvalue weighted by atomic mass is 9.87. The molecule has 2 saturated heterocycles. The standard InChI is InChI=1S/C26H25F2N3O2/c27-17-6-10-20(11-7-17)33-26-22(25(29)32)21(12-15-4-2-1-3-5-15)23(28)24(31-26)16-13-18-8-9-19(14-16)30-18/h1-7,10-11,16,18-19,30H,8-9,12-14H2,(H2,29,32). The summed E-state index contributed by atoms with van der Waals surface area (Å²) in [5.74, 6) is -1.56. The van der Waals surface area contributed by atoms with Crippen LogP contribution in [0.5, 0.6) is 11.6 Å². The zero-order chi connectivity index (χ0) is 22.9. The van der Waals surface area contributed by atoms with Gasteiger partial charge in [0.2, 0.25) is 5.88 Å². The Morgan fingerprint density at radius 3 is 2.33 bits per heavy atom. The number of halogens is 2. The number of ether oxygens (including phenoxy) is 1. The van der Waals surface area contributed by atoms with Crippen molar-refractivity contribution in [2.45, 2.75) is 50.1 Å². The number of nitrogens with two attached hydrogens (primary N) is 1. The third-order valence-electron chi connectivity index (χ3n) is 6.59. The minimum atomic E-state index is -0.818. The van der Waals surface area contributed by atoms with E-state index in [9.17, 15) is 9.18 Å². The van der Waals surface area contributed by atoms with Crippen molar-refractivity contribution < 1.29 is 18.3 Å². The van der Waals surface area contributed by atoms with Crippen LogP contribution in [-0.2, 0) is 6.42 Å². The van der Waals surface area contributed by atoms with Crippen LogP contribution in [0.3, 0.4) is 0 Å². The molecule has 2 atom stereocenters. The Bertz CT molecular complexity index is 1160. The van der Waals surface area contributed by atoms with Gasteiger partial charge in [0.25, 0.3) is 5.91 Å². The molecular weight excluding hydrogens is 424 g/mol. The second-order valence-electron chi connectivity index (χ2n) is 8.86. The van der Waals surface area contributed by atoms with Crippen molar-refractivity contribution in [1.82, 2.24) is 10.3 Å². The second kappa shape index (κ2) is 8.90. The number of nitrogens with one attached hydrogen (secondary N) is 1. The minimum absolute atomic E-state index is 0.0395. The molecule has 0 aliphatic carbocycles. The number of amides is 1. The molecule has 2 aliphatic rings. The van der Waals surface area contributed by atoms with Gasteiger partial charge >= 0.3 is 0 Å². The number of hydrogen-bond acceptors (Lipinski definition) is 4. The number of aromatic nitrogens is 1. The molecule has 3 aromatic rings. The molecule has 2 bridgehead atoms. The maximum atomic E-state index is 16.0. The Kier molecular flexibility index (Phi) is 5.81. The molecule has 0 saturated carbocycles. The lowest BCUT2D eigenvalue weighted by molar-refractivity contribution is 0.0995. The van der Waals surface area contributed by atoms with E-state index in [1.807, 2.05) is 30.3 Å². The Labute approximate surface area is 191 Å². The lowest BCUT2D eigenvalue weighted by Crippen LogP contribution is -2.37. The number of pyridine rings is 1. The normalized spacial score (nSPS) is 21.7. The van der Waals surface area contributed by atoms with E-state index in [-0.39, 0.29) is 29.3 Å². The summed E-state index contributed by atoms with van der Waals surface area (Å²) in [6.45, 7) is 0. The van der Waals surface area contributed by atoms with Crippen LogP contribution in [0.15, 0.2) is 54.6 Å². The van der Waals surface area contributed by atoms with E-state index in [4.69, 9.17) is 10.5 Å². The molecule has 0 spiro atoms. The van der Waals surface area contributed by atoms with E-state index in [1.54, 1.807) is 0 Å². The predicted molar refractivity (Wildman–Crippen MR) is 120 cm³/mol. The molecule has 5 rings (SSSR count). The summed E-state index contributed by atoms with van der Waals surface area (Å²) in [4.78, 5) is 17.0. The smallest absolute Gasteiger partial charge is 0.254 e. The van der Waals surface area contributed by atoms with Gasteiger partial charge in [-0.3, -0.25) is 4.79 Å². The Morgan fingerprint density at radius 1 is 1.03 bits per heavy atom. The van der Waals surface area contributed by atoms with E-state index >= 15 is 4.39 Å². The van der Waals surface area contributed by atoms with E-state index in [0.717, 1.165) is 31.2 Å². The van der Waals surface area contributed by atoms with Gasteiger partial charge in [-0.05, 0) is 55.5 Å². The van der Waals surface area contributed by atoms with Crippen molar-refractivity contribution >= 4 is 5.91 Å². The second-order valence-corrected chi connectivity index (χ2v) is 8.86. The molecular formula is C26H25F2N3O2. The quantitative estimate of drug-likeness (QED) is 0.565. The van der Waals surface area contributed by atoms with Gasteiger partial charge in [0.15, 0.2) is 0 Å². The number of rotatable bonds is 6. The van der Waals surface area contributed by atoms with Crippen LogP contribution in [0.4, 0.5) is 8.78 Å². The molecule has 7 heteroatoms. The average molecular weight is 450 g/mol. The molecule has 170 valence electrons. The summed E-state index contributed by atoms with van der Waals surface area (Å²) in [6.07, 6.45) is 3.86. The minimum Gasteiger partial charge on any atom is -0.438 e. The van der Waals surface area contributed by atoms with Crippen molar-refractivity contribution in [3.63, 3.8) is 0 Å². The number of piperidine rings is 1. The summed E-state index contributed by atoms with van der Waals surface area (Å²) < 4.78 is 35.3. The SMILES string of the molecule is NC(=O)c1c(Oc2ccc(F)cc2)nc(C2CC3CCC(C2)N3)c(F)c1Cc1ccccc1. The first kappa shape index (κ1) is 21.5. The summed E-state index contributed by atoms with van der Waals surface area (Å²) in [5.41, 5.74) is 6.95. The topological polar surface area (TPSA) is 77.2 Å². The fourth-order valence-electron chi connectivity index (χ4n) is 5.07. The van der Waals surface area contributed by atoms with Crippen LogP contribution in [0.1, 0.15) is 58.8 Å². The van der Waals surface area contributed by atoms with Gasteiger partial charge in [0.05, 0.1) is 5.69 Å². The largest absolute Gasteiger partial charge is 0.438 e. The van der Waals surface area contributed by atoms with Crippen LogP contribution in [0.2, 0.25) is 0 Å². The highest BCUT2D eigenvalue weighted by Crippen LogP contribution is 2.40. The maximum Gasteiger partial charge on any atom is 0.254 e. The van der Waals surface area contributed by atoms with Gasteiger partial charge in [-0.15, -0.1) is 0 Å². The fraction of sp³-hybridized carbons (Fsp3) is 0.308. The summed E-state index contributed by atoms with van der Waals surface area (Å²) in [5, 5.41) is 3.56. The number of carbonyl (C=O) groups is 1. The molecule has 0 radical (unpaired) electrons. The maximum absolute atomic E-state index is 16.0. The summed E-state index contributed by atoms with van der Waals surface area (Å²) in [6, 6.07) is 15.4. The molecule has 2 aromatic carbocycles. The van der Waals surface area contributed by atoms with Crippen LogP contribution < -0.4 is 15.8 Å². The number of primary amides is 1. The molecule has 2 aliphatic heterocycles. The zero-order valence-corrected chi connectivity index (χ0v) is 18.1. The van der Waals surface area contributed by atoms with Crippen LogP contribution in [0, 0.1) is 11.6 Å². The summed E-state index contributed by atoms with van der Waals surface area (Å²) in [7, 11) is 0. The van der Waals surface area contributed by atoms with Gasteiger partial charge < -0.3 is 15.8 Å². The highest BCUT2D eigenvalue weighted by Gasteiger charge is 2.37. The third-order valence-corrected chi connectivity index (χ3v) is 6.59. The van der Waals surface area contributed by atoms with Crippen molar-refractivity contribution in [3.8, 4) is 11.6 Å². The molecule has 5 nitrogen and oxygen atoms in total. The van der Waals surface area contributed by atoms with Crippen molar-refractivity contribution in [2.75, 3.05) is 0 Å². The van der Waals surface area contributed by atoms with E-state index in [2.05, 4.69) is 10.3 Å². The first-order chi connectivity index (χ1) is 16.0. The van der Waals surface area contributed by atoms with Crippen molar-refractivity contribution in [1.29, 1.82) is 0 Å². The van der Waals surface area contributed by atoms with Crippen molar-refractivity contribution in [2.24, 2.45) is 5.73 Å². The van der Waals surface area contributed by atoms with Gasteiger partial charge in [0.1, 0.15) is 22.9 Å². The Balaban J connectivity index is 1.63. The molecule has 3 N–H and O–H groups in total. The lowest BCUT2D eigenvalue weighted by Gasteiger charge is -2.30. The van der Waals surface area contributed by atoms with Crippen LogP contribution in [-0.4, -0.2) is 23.0 Å². The molecule has 33 heavy (non-hydrogen) atoms. The van der Waals surface area contributed by atoms with Crippen LogP contribution >= 0.6 is 0 Å². The number of fused-ring (bicyclic) bond motifs is 2. The number of carbonyl (C=O) groups excluding carboxylic acids is 1. The van der Waals surface area contributed by atoms with Gasteiger partial charge in [-0.2, -0.15) is 0 Å². The number of benzene rings is 2. The summed E-state index contributed by atoms with van der Waals surface area (Å²) >= 11 is 0. The molecule has 1 amide bonds. The molecule has 1 aromatic heterocycles. The van der Waals surface area contributed by atoms with Gasteiger partial charge in [-0.1, -0.05) is 30.3 Å². The molecule has 3 heterocycles. The highest BCUT2D eigenvalue weighted by atomic mass is 19.1.